The van der Waals surface area contributed by atoms with E-state index in [0.717, 1.165) is 5.56 Å². The molecule has 3 aromatic rings. The monoisotopic (exact) mass is 316 g/mol. The molecular weight excluding hydrogens is 307 g/mol. The summed E-state index contributed by atoms with van der Waals surface area (Å²) in [6.45, 7) is 0. The molecule has 0 bridgehead atoms. The Morgan fingerprint density at radius 3 is 2.43 bits per heavy atom. The van der Waals surface area contributed by atoms with E-state index in [1.807, 2.05) is 30.3 Å². The molecule has 2 aromatic carbocycles. The second kappa shape index (κ2) is 5.72. The average Bonchev–Trinajstić information content (AvgIpc) is 2.47. The van der Waals surface area contributed by atoms with E-state index in [1.165, 1.54) is 6.07 Å². The molecule has 5 heteroatoms. The van der Waals surface area contributed by atoms with Crippen molar-refractivity contribution in [1.82, 2.24) is 9.97 Å². The third kappa shape index (κ3) is 2.99. The molecule has 0 aliphatic heterocycles. The van der Waals surface area contributed by atoms with E-state index >= 15 is 0 Å². The molecule has 0 unspecified atom stereocenters. The number of hydrogen-bond donors (Lipinski definition) is 1. The number of rotatable bonds is 2. The predicted octanol–water partition coefficient (Wildman–Crippen LogP) is 4.41. The van der Waals surface area contributed by atoms with Crippen LogP contribution in [-0.2, 0) is 0 Å². The Hall–Kier alpha value is -2.10. The molecular formula is C16H10Cl2N2O. The van der Waals surface area contributed by atoms with Gasteiger partial charge < -0.3 is 4.98 Å². The van der Waals surface area contributed by atoms with Gasteiger partial charge in [0.15, 0.2) is 0 Å². The van der Waals surface area contributed by atoms with Crippen molar-refractivity contribution in [2.45, 2.75) is 0 Å². The van der Waals surface area contributed by atoms with Gasteiger partial charge >= 0.3 is 0 Å². The van der Waals surface area contributed by atoms with Crippen LogP contribution in [0.1, 0.15) is 0 Å². The fourth-order valence-corrected chi connectivity index (χ4v) is 2.53. The summed E-state index contributed by atoms with van der Waals surface area (Å²) in [5, 5.41) is 0.997. The van der Waals surface area contributed by atoms with Crippen molar-refractivity contribution in [2.75, 3.05) is 0 Å². The van der Waals surface area contributed by atoms with E-state index < -0.39 is 0 Å². The molecule has 1 aromatic heterocycles. The molecule has 0 atom stereocenters. The molecule has 1 N–H and O–H groups in total. The summed E-state index contributed by atoms with van der Waals surface area (Å²) in [5.41, 5.74) is 1.79. The van der Waals surface area contributed by atoms with Gasteiger partial charge in [-0.3, -0.25) is 4.79 Å². The normalized spacial score (nSPS) is 10.6. The zero-order valence-corrected chi connectivity index (χ0v) is 12.3. The van der Waals surface area contributed by atoms with Crippen molar-refractivity contribution >= 4 is 23.2 Å². The van der Waals surface area contributed by atoms with Gasteiger partial charge in [-0.05, 0) is 18.2 Å². The van der Waals surface area contributed by atoms with Crippen molar-refractivity contribution < 1.29 is 0 Å². The topological polar surface area (TPSA) is 45.8 Å². The lowest BCUT2D eigenvalue weighted by Gasteiger charge is -2.06. The molecule has 0 spiro atoms. The molecule has 1 heterocycles. The average molecular weight is 317 g/mol. The number of hydrogen-bond acceptors (Lipinski definition) is 2. The maximum absolute atomic E-state index is 11.9. The summed E-state index contributed by atoms with van der Waals surface area (Å²) in [5.74, 6) is 0.504. The van der Waals surface area contributed by atoms with Crippen molar-refractivity contribution in [2.24, 2.45) is 0 Å². The highest BCUT2D eigenvalue weighted by Gasteiger charge is 2.09. The van der Waals surface area contributed by atoms with Crippen LogP contribution in [0.4, 0.5) is 0 Å². The fourth-order valence-electron chi connectivity index (χ4n) is 2.03. The van der Waals surface area contributed by atoms with Crippen molar-refractivity contribution in [3.05, 3.63) is 75.0 Å². The lowest BCUT2D eigenvalue weighted by molar-refractivity contribution is 1.13. The number of H-pyrrole nitrogens is 1. The molecule has 0 aliphatic carbocycles. The quantitative estimate of drug-likeness (QED) is 0.761. The minimum Gasteiger partial charge on any atom is -0.306 e. The molecule has 0 saturated heterocycles. The lowest BCUT2D eigenvalue weighted by Crippen LogP contribution is -2.08. The minimum absolute atomic E-state index is 0.232. The van der Waals surface area contributed by atoms with Crippen LogP contribution >= 0.6 is 23.2 Å². The van der Waals surface area contributed by atoms with Crippen LogP contribution in [0.5, 0.6) is 0 Å². The van der Waals surface area contributed by atoms with Crippen molar-refractivity contribution in [3.8, 4) is 22.6 Å². The Bertz CT molecular complexity index is 844. The van der Waals surface area contributed by atoms with Crippen LogP contribution in [0.25, 0.3) is 22.6 Å². The van der Waals surface area contributed by atoms with Gasteiger partial charge in [0, 0.05) is 22.2 Å². The summed E-state index contributed by atoms with van der Waals surface area (Å²) < 4.78 is 0. The maximum Gasteiger partial charge on any atom is 0.251 e. The molecule has 0 amide bonds. The van der Waals surface area contributed by atoms with E-state index in [2.05, 4.69) is 9.97 Å². The first-order chi connectivity index (χ1) is 10.1. The Labute approximate surface area is 131 Å². The Morgan fingerprint density at radius 2 is 1.71 bits per heavy atom. The second-order valence-corrected chi connectivity index (χ2v) is 5.31. The highest BCUT2D eigenvalue weighted by atomic mass is 35.5. The van der Waals surface area contributed by atoms with Crippen LogP contribution in [0.15, 0.2) is 59.4 Å². The molecule has 3 nitrogen and oxygen atoms in total. The molecule has 0 aliphatic rings. The van der Waals surface area contributed by atoms with Crippen LogP contribution in [0.3, 0.4) is 0 Å². The summed E-state index contributed by atoms with van der Waals surface area (Å²) in [6, 6.07) is 16.0. The molecule has 104 valence electrons. The van der Waals surface area contributed by atoms with E-state index in [-0.39, 0.29) is 5.56 Å². The summed E-state index contributed by atoms with van der Waals surface area (Å²) in [4.78, 5) is 19.1. The molecule has 0 radical (unpaired) electrons. The Morgan fingerprint density at radius 1 is 0.952 bits per heavy atom. The largest absolute Gasteiger partial charge is 0.306 e. The predicted molar refractivity (Wildman–Crippen MR) is 85.7 cm³/mol. The SMILES string of the molecule is O=c1cc(-c2ccc(Cl)cc2Cl)nc(-c2ccccc2)[nH]1. The third-order valence-electron chi connectivity index (χ3n) is 3.00. The van der Waals surface area contributed by atoms with Gasteiger partial charge in [-0.15, -0.1) is 0 Å². The highest BCUT2D eigenvalue weighted by molar-refractivity contribution is 6.36. The summed E-state index contributed by atoms with van der Waals surface area (Å²) >= 11 is 12.1. The molecule has 0 fully saturated rings. The minimum atomic E-state index is -0.232. The van der Waals surface area contributed by atoms with Gasteiger partial charge in [0.2, 0.25) is 0 Å². The van der Waals surface area contributed by atoms with Crippen LogP contribution in [0.2, 0.25) is 10.0 Å². The van der Waals surface area contributed by atoms with E-state index in [1.54, 1.807) is 18.2 Å². The summed E-state index contributed by atoms with van der Waals surface area (Å²) in [6.07, 6.45) is 0. The number of aromatic nitrogens is 2. The van der Waals surface area contributed by atoms with Gasteiger partial charge in [0.1, 0.15) is 5.82 Å². The number of benzene rings is 2. The van der Waals surface area contributed by atoms with Crippen molar-refractivity contribution in [1.29, 1.82) is 0 Å². The van der Waals surface area contributed by atoms with E-state index in [9.17, 15) is 4.79 Å². The smallest absolute Gasteiger partial charge is 0.251 e. The van der Waals surface area contributed by atoms with Crippen LogP contribution < -0.4 is 5.56 Å². The number of halogens is 2. The zero-order valence-electron chi connectivity index (χ0n) is 10.8. The first-order valence-corrected chi connectivity index (χ1v) is 7.01. The molecule has 21 heavy (non-hydrogen) atoms. The zero-order chi connectivity index (χ0) is 14.8. The van der Waals surface area contributed by atoms with Gasteiger partial charge in [0.25, 0.3) is 5.56 Å². The van der Waals surface area contributed by atoms with E-state index in [0.29, 0.717) is 27.1 Å². The molecule has 3 rings (SSSR count). The van der Waals surface area contributed by atoms with Gasteiger partial charge in [-0.25, -0.2) is 4.98 Å². The van der Waals surface area contributed by atoms with Crippen molar-refractivity contribution in [3.63, 3.8) is 0 Å². The number of nitrogens with zero attached hydrogens (tertiary/aromatic N) is 1. The van der Waals surface area contributed by atoms with Gasteiger partial charge in [0.05, 0.1) is 10.7 Å². The van der Waals surface area contributed by atoms with Gasteiger partial charge in [-0.2, -0.15) is 0 Å². The Balaban J connectivity index is 2.16. The second-order valence-electron chi connectivity index (χ2n) is 4.47. The first kappa shape index (κ1) is 13.9. The number of nitrogens with one attached hydrogen (secondary N) is 1. The van der Waals surface area contributed by atoms with Crippen LogP contribution in [0, 0.1) is 0 Å². The lowest BCUT2D eigenvalue weighted by atomic mass is 10.1. The maximum atomic E-state index is 11.9. The van der Waals surface area contributed by atoms with Gasteiger partial charge in [-0.1, -0.05) is 53.5 Å². The molecule has 0 saturated carbocycles. The third-order valence-corrected chi connectivity index (χ3v) is 3.54. The fraction of sp³-hybridized carbons (Fsp3) is 0. The summed E-state index contributed by atoms with van der Waals surface area (Å²) in [7, 11) is 0. The van der Waals surface area contributed by atoms with Crippen LogP contribution in [-0.4, -0.2) is 9.97 Å². The Kier molecular flexibility index (Phi) is 3.78. The standard InChI is InChI=1S/C16H10Cl2N2O/c17-11-6-7-12(13(18)8-11)14-9-15(21)20-16(19-14)10-4-2-1-3-5-10/h1-9H,(H,19,20,21). The number of aromatic amines is 1. The van der Waals surface area contributed by atoms with E-state index in [4.69, 9.17) is 23.2 Å². The first-order valence-electron chi connectivity index (χ1n) is 6.26. The highest BCUT2D eigenvalue weighted by Crippen LogP contribution is 2.29.